The molecule has 57 heavy (non-hydrogen) atoms. The lowest BCUT2D eigenvalue weighted by atomic mass is 9.80. The van der Waals surface area contributed by atoms with E-state index in [0.29, 0.717) is 0 Å². The fourth-order valence-corrected chi connectivity index (χ4v) is 4.30. The summed E-state index contributed by atoms with van der Waals surface area (Å²) in [6, 6.07) is 13.2. The number of aromatic carboxylic acids is 2. The second kappa shape index (κ2) is 20.8. The van der Waals surface area contributed by atoms with Gasteiger partial charge >= 0.3 is 31.2 Å². The number of aromatic nitrogens is 2. The van der Waals surface area contributed by atoms with Crippen molar-refractivity contribution in [3.63, 3.8) is 0 Å². The highest BCUT2D eigenvalue weighted by atomic mass is 35.5. The molecule has 4 aromatic rings. The van der Waals surface area contributed by atoms with Crippen LogP contribution in [0.25, 0.3) is 11.3 Å². The average Bonchev–Trinajstić information content (AvgIpc) is 3.08. The third-order valence-corrected chi connectivity index (χ3v) is 6.56. The zero-order chi connectivity index (χ0) is 42.5. The van der Waals surface area contributed by atoms with Crippen LogP contribution in [0.15, 0.2) is 73.1 Å². The first-order valence-electron chi connectivity index (χ1n) is 15.9. The van der Waals surface area contributed by atoms with Crippen LogP contribution in [0, 0.1) is 20.2 Å². The molecule has 2 aromatic heterocycles. The monoisotopic (exact) mass is 814 g/mol. The van der Waals surface area contributed by atoms with Gasteiger partial charge in [0, 0.05) is 42.2 Å². The van der Waals surface area contributed by atoms with Gasteiger partial charge in [0.25, 0.3) is 11.4 Å². The fourth-order valence-electron chi connectivity index (χ4n) is 4.10. The molecule has 2 aromatic carbocycles. The summed E-state index contributed by atoms with van der Waals surface area (Å²) >= 11 is 5.74. The number of nitrogens with zero attached hydrogens (tertiary/aromatic N) is 4. The Bertz CT molecular complexity index is 2110. The van der Waals surface area contributed by atoms with Crippen LogP contribution < -0.4 is 16.1 Å². The molecule has 0 fully saturated rings. The SMILES string of the molecule is C.CC(C)(C)OC(=O)Nc1c(C(=O)O)ccnc1-c1cccc([N+](=O)[O-])c1.CC(C)(C)OC(=O)Nc1c(C(=O)O)ccnc1Cl.O=[N+]([O-])c1cccc(B(O)O)c1. The van der Waals surface area contributed by atoms with Crippen LogP contribution in [0.4, 0.5) is 32.3 Å². The molecule has 2 heterocycles. The number of amides is 2. The molecule has 20 nitrogen and oxygen atoms in total. The summed E-state index contributed by atoms with van der Waals surface area (Å²) in [6.07, 6.45) is 0.837. The molecule has 0 aliphatic rings. The van der Waals surface area contributed by atoms with Gasteiger partial charge in [0.15, 0.2) is 5.15 Å². The minimum absolute atomic E-state index is 0. The highest BCUT2D eigenvalue weighted by Crippen LogP contribution is 2.32. The van der Waals surface area contributed by atoms with Crippen molar-refractivity contribution in [1.29, 1.82) is 0 Å². The third-order valence-electron chi connectivity index (χ3n) is 6.28. The molecule has 0 bridgehead atoms. The van der Waals surface area contributed by atoms with Gasteiger partial charge in [0.05, 0.1) is 38.0 Å². The molecule has 2 amide bonds. The van der Waals surface area contributed by atoms with Crippen molar-refractivity contribution in [3.05, 3.63) is 110 Å². The molecule has 0 atom stereocenters. The van der Waals surface area contributed by atoms with Gasteiger partial charge in [-0.3, -0.25) is 35.8 Å². The number of ether oxygens (including phenoxy) is 2. The number of rotatable bonds is 8. The van der Waals surface area contributed by atoms with Gasteiger partial charge < -0.3 is 29.7 Å². The Morgan fingerprint density at radius 3 is 1.61 bits per heavy atom. The predicted molar refractivity (Wildman–Crippen MR) is 209 cm³/mol. The largest absolute Gasteiger partial charge is 0.488 e. The Hall–Kier alpha value is -6.71. The van der Waals surface area contributed by atoms with Crippen LogP contribution in [0.5, 0.6) is 0 Å². The van der Waals surface area contributed by atoms with Crippen LogP contribution in [0.1, 0.15) is 69.7 Å². The van der Waals surface area contributed by atoms with Crippen LogP contribution >= 0.6 is 11.6 Å². The first kappa shape index (κ1) is 48.3. The van der Waals surface area contributed by atoms with Crippen molar-refractivity contribution >= 4 is 71.1 Å². The molecular weight excluding hydrogens is 775 g/mol. The summed E-state index contributed by atoms with van der Waals surface area (Å²) in [5.74, 6) is -2.50. The van der Waals surface area contributed by atoms with Crippen LogP contribution in [0.2, 0.25) is 5.15 Å². The van der Waals surface area contributed by atoms with E-state index in [2.05, 4.69) is 20.6 Å². The summed E-state index contributed by atoms with van der Waals surface area (Å²) in [6.45, 7) is 10.1. The minimum Gasteiger partial charge on any atom is -0.478 e. The molecule has 4 rings (SSSR count). The number of nitrogens with one attached hydrogen (secondary N) is 2. The maximum atomic E-state index is 12.1. The topological polar surface area (TPSA) is 304 Å². The Morgan fingerprint density at radius 2 is 1.16 bits per heavy atom. The number of carbonyl (C=O) groups is 4. The first-order chi connectivity index (χ1) is 25.9. The molecule has 22 heteroatoms. The number of halogens is 1. The first-order valence-corrected chi connectivity index (χ1v) is 16.2. The van der Waals surface area contributed by atoms with Gasteiger partial charge in [0.2, 0.25) is 0 Å². The van der Waals surface area contributed by atoms with E-state index < -0.39 is 52.3 Å². The number of benzene rings is 2. The molecule has 0 unspecified atom stereocenters. The smallest absolute Gasteiger partial charge is 0.478 e. The van der Waals surface area contributed by atoms with E-state index in [1.165, 1.54) is 67.0 Å². The lowest BCUT2D eigenvalue weighted by molar-refractivity contribution is -0.385. The number of nitro benzene ring substituents is 2. The van der Waals surface area contributed by atoms with Gasteiger partial charge in [0.1, 0.15) is 11.2 Å². The predicted octanol–water partition coefficient (Wildman–Crippen LogP) is 6.39. The lowest BCUT2D eigenvalue weighted by Crippen LogP contribution is -2.29. The van der Waals surface area contributed by atoms with E-state index in [-0.39, 0.29) is 63.2 Å². The standard InChI is InChI=1S/C17H17N3O6.C11H13ClN2O4.C6H6BNO4.CH4/c1-17(2,3)26-16(23)19-14-12(15(21)22)7-8-18-13(14)10-5-4-6-11(9-10)20(24)25;1-11(2,3)18-10(17)14-7-6(9(15)16)4-5-13-8(7)12;9-7(10)5-2-1-3-6(4-5)8(11)12;/h4-9H,1-3H3,(H,19,23)(H,21,22);4-5H,1-3H3,(H,14,17)(H,15,16);1-4,9-10H;1H4. The molecule has 0 spiro atoms. The fraction of sp³-hybridized carbons (Fsp3) is 0.257. The molecule has 0 saturated heterocycles. The van der Waals surface area contributed by atoms with Gasteiger partial charge in [-0.1, -0.05) is 43.3 Å². The number of carbonyl (C=O) groups excluding carboxylic acids is 2. The Labute approximate surface area is 330 Å². The minimum atomic E-state index is -1.66. The zero-order valence-corrected chi connectivity index (χ0v) is 31.3. The normalized spacial score (nSPS) is 10.4. The molecule has 0 aliphatic heterocycles. The molecular formula is C35H40BClN6O14. The third kappa shape index (κ3) is 15.9. The number of nitro groups is 2. The summed E-state index contributed by atoms with van der Waals surface area (Å²) in [5, 5.41) is 61.4. The van der Waals surface area contributed by atoms with Crippen molar-refractivity contribution in [2.45, 2.75) is 60.2 Å². The van der Waals surface area contributed by atoms with Gasteiger partial charge in [-0.05, 0) is 59.1 Å². The number of anilines is 2. The van der Waals surface area contributed by atoms with Crippen molar-refractivity contribution < 1.29 is 58.8 Å². The van der Waals surface area contributed by atoms with E-state index in [1.54, 1.807) is 41.5 Å². The summed E-state index contributed by atoms with van der Waals surface area (Å²) < 4.78 is 10.2. The van der Waals surface area contributed by atoms with E-state index in [9.17, 15) is 44.5 Å². The quantitative estimate of drug-likeness (QED) is 0.0485. The summed E-state index contributed by atoms with van der Waals surface area (Å²) in [5.41, 5.74) is -1.89. The number of carboxylic acids is 2. The van der Waals surface area contributed by atoms with Crippen molar-refractivity contribution in [3.8, 4) is 11.3 Å². The number of hydrogen-bond donors (Lipinski definition) is 6. The summed E-state index contributed by atoms with van der Waals surface area (Å²) in [7, 11) is -1.66. The van der Waals surface area contributed by atoms with E-state index in [4.69, 9.17) is 36.2 Å². The molecule has 0 saturated carbocycles. The van der Waals surface area contributed by atoms with Crippen LogP contribution in [-0.2, 0) is 9.47 Å². The van der Waals surface area contributed by atoms with Crippen molar-refractivity contribution in [1.82, 2.24) is 9.97 Å². The number of non-ortho nitro benzene ring substituents is 2. The number of carboxylic acid groups (broad SMARTS) is 2. The van der Waals surface area contributed by atoms with Crippen LogP contribution in [0.3, 0.4) is 0 Å². The summed E-state index contributed by atoms with van der Waals surface area (Å²) in [4.78, 5) is 73.9. The Kier molecular flexibility index (Phi) is 17.7. The van der Waals surface area contributed by atoms with E-state index >= 15 is 0 Å². The second-order valence-electron chi connectivity index (χ2n) is 13.0. The highest BCUT2D eigenvalue weighted by Gasteiger charge is 2.24. The average molecular weight is 815 g/mol. The van der Waals surface area contributed by atoms with Crippen molar-refractivity contribution in [2.75, 3.05) is 10.6 Å². The van der Waals surface area contributed by atoms with Crippen LogP contribution in [-0.4, -0.2) is 82.5 Å². The lowest BCUT2D eigenvalue weighted by Gasteiger charge is -2.21. The number of hydrogen-bond acceptors (Lipinski definition) is 14. The maximum absolute atomic E-state index is 12.1. The van der Waals surface area contributed by atoms with Gasteiger partial charge in [-0.2, -0.15) is 0 Å². The molecule has 304 valence electrons. The molecule has 0 aliphatic carbocycles. The van der Waals surface area contributed by atoms with E-state index in [1.807, 2.05) is 0 Å². The molecule has 6 N–H and O–H groups in total. The van der Waals surface area contributed by atoms with Gasteiger partial charge in [-0.25, -0.2) is 24.2 Å². The highest BCUT2D eigenvalue weighted by molar-refractivity contribution is 6.58. The van der Waals surface area contributed by atoms with E-state index in [0.717, 1.165) is 6.07 Å². The Balaban J connectivity index is 0.000000456. The second-order valence-corrected chi connectivity index (χ2v) is 13.4. The van der Waals surface area contributed by atoms with Crippen molar-refractivity contribution in [2.24, 2.45) is 0 Å². The Morgan fingerprint density at radius 1 is 0.719 bits per heavy atom. The molecule has 0 radical (unpaired) electrons. The zero-order valence-electron chi connectivity index (χ0n) is 30.5. The number of pyridine rings is 2. The maximum Gasteiger partial charge on any atom is 0.488 e. The van der Waals surface area contributed by atoms with Gasteiger partial charge in [-0.15, -0.1) is 0 Å².